The number of nitrogens with zero attached hydrogens (tertiary/aromatic N) is 1. The van der Waals surface area contributed by atoms with E-state index in [1.807, 2.05) is 6.07 Å². The van der Waals surface area contributed by atoms with Crippen molar-refractivity contribution in [2.24, 2.45) is 0 Å². The third kappa shape index (κ3) is 9.41. The number of hydrogen-bond donors (Lipinski definition) is 1. The second-order valence-electron chi connectivity index (χ2n) is 2.39. The predicted molar refractivity (Wildman–Crippen MR) is 44.2 cm³/mol. The Bertz CT molecular complexity index is 109. The van der Waals surface area contributed by atoms with E-state index in [9.17, 15) is 0 Å². The first-order valence-corrected chi connectivity index (χ1v) is 3.98. The van der Waals surface area contributed by atoms with Crippen LogP contribution in [0, 0.1) is 11.3 Å². The molecule has 0 aromatic heterocycles. The molecule has 64 valence electrons. The van der Waals surface area contributed by atoms with Crippen molar-refractivity contribution < 1.29 is 4.74 Å². The summed E-state index contributed by atoms with van der Waals surface area (Å²) < 4.78 is 4.90. The Balaban J connectivity index is 2.75. The maximum absolute atomic E-state index is 8.17. The molecule has 0 heterocycles. The molecular weight excluding hydrogens is 140 g/mol. The zero-order valence-electron chi connectivity index (χ0n) is 7.10. The van der Waals surface area contributed by atoms with Crippen LogP contribution in [-0.2, 0) is 4.74 Å². The van der Waals surface area contributed by atoms with Crippen LogP contribution in [0.25, 0.3) is 0 Å². The molecule has 0 radical (unpaired) electrons. The molecule has 0 aliphatic carbocycles. The summed E-state index contributed by atoms with van der Waals surface area (Å²) in [6, 6.07) is 2.03. The predicted octanol–water partition coefficient (Wildman–Crippen LogP) is 0.916. The van der Waals surface area contributed by atoms with Crippen molar-refractivity contribution in [3.8, 4) is 6.07 Å². The highest BCUT2D eigenvalue weighted by Gasteiger charge is 1.87. The molecule has 0 aromatic rings. The Hall–Kier alpha value is -0.590. The molecule has 0 aliphatic heterocycles. The van der Waals surface area contributed by atoms with Gasteiger partial charge in [-0.3, -0.25) is 0 Å². The van der Waals surface area contributed by atoms with Gasteiger partial charge in [0.05, 0.1) is 12.6 Å². The van der Waals surface area contributed by atoms with Gasteiger partial charge in [0, 0.05) is 13.7 Å². The summed E-state index contributed by atoms with van der Waals surface area (Å²) in [5.41, 5.74) is 0. The molecule has 0 amide bonds. The Labute approximate surface area is 68.3 Å². The Morgan fingerprint density at radius 2 is 2.18 bits per heavy atom. The molecule has 1 N–H and O–H groups in total. The first kappa shape index (κ1) is 10.4. The van der Waals surface area contributed by atoms with Crippen molar-refractivity contribution >= 4 is 0 Å². The van der Waals surface area contributed by atoms with Crippen LogP contribution in [-0.4, -0.2) is 26.8 Å². The van der Waals surface area contributed by atoms with Crippen LogP contribution < -0.4 is 5.32 Å². The van der Waals surface area contributed by atoms with Crippen molar-refractivity contribution in [2.75, 3.05) is 26.8 Å². The summed E-state index contributed by atoms with van der Waals surface area (Å²) >= 11 is 0. The van der Waals surface area contributed by atoms with Gasteiger partial charge in [-0.2, -0.15) is 5.26 Å². The van der Waals surface area contributed by atoms with Gasteiger partial charge >= 0.3 is 0 Å². The summed E-state index contributed by atoms with van der Waals surface area (Å²) in [4.78, 5) is 0. The van der Waals surface area contributed by atoms with E-state index in [0.29, 0.717) is 6.54 Å². The summed E-state index contributed by atoms with van der Waals surface area (Å²) in [5.74, 6) is 0. The Morgan fingerprint density at radius 1 is 1.36 bits per heavy atom. The minimum Gasteiger partial charge on any atom is -0.385 e. The molecule has 0 aromatic carbocycles. The summed E-state index contributed by atoms with van der Waals surface area (Å²) in [6.07, 6.45) is 3.42. The zero-order chi connectivity index (χ0) is 8.36. The van der Waals surface area contributed by atoms with E-state index in [-0.39, 0.29) is 0 Å². The van der Waals surface area contributed by atoms with E-state index in [4.69, 9.17) is 10.00 Å². The number of unbranched alkanes of at least 4 members (excludes halogenated alkanes) is 2. The first-order chi connectivity index (χ1) is 5.41. The van der Waals surface area contributed by atoms with Gasteiger partial charge in [-0.1, -0.05) is 0 Å². The van der Waals surface area contributed by atoms with E-state index in [0.717, 1.165) is 26.0 Å². The molecule has 11 heavy (non-hydrogen) atoms. The monoisotopic (exact) mass is 156 g/mol. The van der Waals surface area contributed by atoms with E-state index < -0.39 is 0 Å². The van der Waals surface area contributed by atoms with Crippen LogP contribution in [0.1, 0.15) is 19.3 Å². The lowest BCUT2D eigenvalue weighted by Gasteiger charge is -1.99. The molecule has 0 bridgehead atoms. The van der Waals surface area contributed by atoms with Gasteiger partial charge in [0.2, 0.25) is 0 Å². The van der Waals surface area contributed by atoms with Crippen molar-refractivity contribution in [1.29, 1.82) is 5.26 Å². The largest absolute Gasteiger partial charge is 0.385 e. The summed E-state index contributed by atoms with van der Waals surface area (Å²) in [6.45, 7) is 2.25. The van der Waals surface area contributed by atoms with Gasteiger partial charge in [-0.25, -0.2) is 0 Å². The molecular formula is C8H16N2O. The maximum Gasteiger partial charge on any atom is 0.0840 e. The fourth-order valence-electron chi connectivity index (χ4n) is 0.817. The molecule has 0 saturated carbocycles. The number of nitrogens with one attached hydrogen (secondary N) is 1. The lowest BCUT2D eigenvalue weighted by atomic mass is 10.2. The van der Waals surface area contributed by atoms with E-state index in [2.05, 4.69) is 5.32 Å². The molecule has 0 atom stereocenters. The van der Waals surface area contributed by atoms with Crippen molar-refractivity contribution in [3.05, 3.63) is 0 Å². The molecule has 3 nitrogen and oxygen atoms in total. The van der Waals surface area contributed by atoms with Crippen LogP contribution in [0.4, 0.5) is 0 Å². The number of nitriles is 1. The maximum atomic E-state index is 8.17. The highest BCUT2D eigenvalue weighted by atomic mass is 16.5. The van der Waals surface area contributed by atoms with Crippen LogP contribution >= 0.6 is 0 Å². The van der Waals surface area contributed by atoms with Crippen LogP contribution in [0.2, 0.25) is 0 Å². The molecule has 0 fully saturated rings. The fourth-order valence-corrected chi connectivity index (χ4v) is 0.817. The standard InChI is InChI=1S/C8H16N2O/c1-11-8-4-2-3-6-10-7-5-9/h10H,2-4,6-8H2,1H3. The molecule has 0 aliphatic rings. The quantitative estimate of drug-likeness (QED) is 0.440. The molecule has 0 unspecified atom stereocenters. The van der Waals surface area contributed by atoms with E-state index in [1.165, 1.54) is 6.42 Å². The average Bonchev–Trinajstić information content (AvgIpc) is 2.03. The van der Waals surface area contributed by atoms with Crippen molar-refractivity contribution in [1.82, 2.24) is 5.32 Å². The van der Waals surface area contributed by atoms with Crippen LogP contribution in [0.5, 0.6) is 0 Å². The normalized spacial score (nSPS) is 9.45. The second-order valence-corrected chi connectivity index (χ2v) is 2.39. The van der Waals surface area contributed by atoms with Gasteiger partial charge < -0.3 is 10.1 Å². The van der Waals surface area contributed by atoms with Crippen LogP contribution in [0.15, 0.2) is 0 Å². The Kier molecular flexibility index (Phi) is 8.91. The van der Waals surface area contributed by atoms with Crippen molar-refractivity contribution in [2.45, 2.75) is 19.3 Å². The zero-order valence-corrected chi connectivity index (χ0v) is 7.10. The van der Waals surface area contributed by atoms with Gasteiger partial charge in [-0.05, 0) is 25.8 Å². The highest BCUT2D eigenvalue weighted by molar-refractivity contribution is 4.72. The number of ether oxygens (including phenoxy) is 1. The van der Waals surface area contributed by atoms with Gasteiger partial charge in [0.1, 0.15) is 0 Å². The number of rotatable bonds is 7. The minimum absolute atomic E-state index is 0.463. The smallest absolute Gasteiger partial charge is 0.0840 e. The molecule has 3 heteroatoms. The molecule has 0 saturated heterocycles. The molecule has 0 spiro atoms. The second kappa shape index (κ2) is 9.41. The fraction of sp³-hybridized carbons (Fsp3) is 0.875. The van der Waals surface area contributed by atoms with E-state index >= 15 is 0 Å². The lowest BCUT2D eigenvalue weighted by Crippen LogP contribution is -2.15. The number of hydrogen-bond acceptors (Lipinski definition) is 3. The topological polar surface area (TPSA) is 45.0 Å². The lowest BCUT2D eigenvalue weighted by molar-refractivity contribution is 0.192. The van der Waals surface area contributed by atoms with Crippen LogP contribution in [0.3, 0.4) is 0 Å². The number of methoxy groups -OCH3 is 1. The summed E-state index contributed by atoms with van der Waals surface area (Å²) in [7, 11) is 1.72. The molecule has 0 rings (SSSR count). The minimum atomic E-state index is 0.463. The third-order valence-electron chi connectivity index (χ3n) is 1.41. The van der Waals surface area contributed by atoms with Gasteiger partial charge in [-0.15, -0.1) is 0 Å². The first-order valence-electron chi connectivity index (χ1n) is 3.98. The third-order valence-corrected chi connectivity index (χ3v) is 1.41. The van der Waals surface area contributed by atoms with Crippen molar-refractivity contribution in [3.63, 3.8) is 0 Å². The average molecular weight is 156 g/mol. The van der Waals surface area contributed by atoms with E-state index in [1.54, 1.807) is 7.11 Å². The Morgan fingerprint density at radius 3 is 2.82 bits per heavy atom. The van der Waals surface area contributed by atoms with Gasteiger partial charge in [0.25, 0.3) is 0 Å². The highest BCUT2D eigenvalue weighted by Crippen LogP contribution is 1.93. The SMILES string of the molecule is COCCCCCNCC#N. The summed E-state index contributed by atoms with van der Waals surface area (Å²) in [5, 5.41) is 11.2. The van der Waals surface area contributed by atoms with Gasteiger partial charge in [0.15, 0.2) is 0 Å².